The van der Waals surface area contributed by atoms with Gasteiger partial charge >= 0.3 is 0 Å². The largest absolute Gasteiger partial charge is 0.375 e. The molecule has 1 aliphatic carbocycles. The second kappa shape index (κ2) is 2.51. The molecule has 0 radical (unpaired) electrons. The maximum atomic E-state index is 5.56. The van der Waals surface area contributed by atoms with Crippen LogP contribution >= 0.6 is 0 Å². The van der Waals surface area contributed by atoms with Crippen molar-refractivity contribution in [1.82, 2.24) is 0 Å². The molecule has 10 heavy (non-hydrogen) atoms. The highest BCUT2D eigenvalue weighted by Crippen LogP contribution is 2.30. The minimum absolute atomic E-state index is 0.334. The second-order valence-corrected chi connectivity index (χ2v) is 3.35. The summed E-state index contributed by atoms with van der Waals surface area (Å²) < 4.78 is 10.7. The van der Waals surface area contributed by atoms with Crippen LogP contribution in [-0.4, -0.2) is 25.4 Å². The molecule has 1 aliphatic heterocycles. The molecule has 0 unspecified atom stereocenters. The highest BCUT2D eigenvalue weighted by atomic mass is 16.6. The van der Waals surface area contributed by atoms with E-state index in [1.807, 2.05) is 0 Å². The highest BCUT2D eigenvalue weighted by Gasteiger charge is 2.31. The first-order valence-electron chi connectivity index (χ1n) is 4.09. The van der Waals surface area contributed by atoms with Crippen molar-refractivity contribution >= 4 is 0 Å². The third-order valence-electron chi connectivity index (χ3n) is 2.17. The smallest absolute Gasteiger partial charge is 0.107 e. The molecule has 0 aromatic heterocycles. The van der Waals surface area contributed by atoms with Crippen molar-refractivity contribution in [2.75, 3.05) is 13.2 Å². The van der Waals surface area contributed by atoms with Crippen molar-refractivity contribution in [3.05, 3.63) is 0 Å². The Kier molecular flexibility index (Phi) is 1.66. The van der Waals surface area contributed by atoms with Crippen molar-refractivity contribution in [3.63, 3.8) is 0 Å². The van der Waals surface area contributed by atoms with Crippen LogP contribution in [0, 0.1) is 5.92 Å². The molecule has 2 nitrogen and oxygen atoms in total. The van der Waals surface area contributed by atoms with Crippen LogP contribution in [0.25, 0.3) is 0 Å². The second-order valence-electron chi connectivity index (χ2n) is 3.35. The third-order valence-corrected chi connectivity index (χ3v) is 2.17. The zero-order chi connectivity index (χ0) is 6.97. The van der Waals surface area contributed by atoms with Crippen LogP contribution in [0.1, 0.15) is 19.8 Å². The molecule has 2 aliphatic rings. The van der Waals surface area contributed by atoms with Crippen molar-refractivity contribution in [3.8, 4) is 0 Å². The average molecular weight is 142 g/mol. The van der Waals surface area contributed by atoms with E-state index in [1.54, 1.807) is 0 Å². The molecule has 1 saturated heterocycles. The summed E-state index contributed by atoms with van der Waals surface area (Å²) in [6.07, 6.45) is 3.50. The molecule has 0 aromatic carbocycles. The number of rotatable bonds is 4. The van der Waals surface area contributed by atoms with Crippen LogP contribution in [0.2, 0.25) is 0 Å². The van der Waals surface area contributed by atoms with E-state index in [0.29, 0.717) is 12.2 Å². The summed E-state index contributed by atoms with van der Waals surface area (Å²) >= 11 is 0. The Bertz CT molecular complexity index is 116. The van der Waals surface area contributed by atoms with Crippen molar-refractivity contribution < 1.29 is 9.47 Å². The van der Waals surface area contributed by atoms with Gasteiger partial charge in [0.05, 0.1) is 12.7 Å². The Balaban J connectivity index is 1.58. The summed E-state index contributed by atoms with van der Waals surface area (Å²) in [5.41, 5.74) is 0. The summed E-state index contributed by atoms with van der Waals surface area (Å²) in [7, 11) is 0. The van der Waals surface area contributed by atoms with E-state index in [9.17, 15) is 0 Å². The fourth-order valence-corrected chi connectivity index (χ4v) is 1.01. The van der Waals surface area contributed by atoms with Crippen molar-refractivity contribution in [1.29, 1.82) is 0 Å². The van der Waals surface area contributed by atoms with Gasteiger partial charge in [0.2, 0.25) is 0 Å². The normalized spacial score (nSPS) is 33.9. The zero-order valence-electron chi connectivity index (χ0n) is 6.38. The Morgan fingerprint density at radius 2 is 2.30 bits per heavy atom. The minimum atomic E-state index is 0.334. The summed E-state index contributed by atoms with van der Waals surface area (Å²) in [4.78, 5) is 0. The van der Waals surface area contributed by atoms with E-state index in [1.165, 1.54) is 12.8 Å². The zero-order valence-corrected chi connectivity index (χ0v) is 6.38. The summed E-state index contributed by atoms with van der Waals surface area (Å²) in [5, 5.41) is 0. The monoisotopic (exact) mass is 142 g/mol. The van der Waals surface area contributed by atoms with E-state index < -0.39 is 0 Å². The summed E-state index contributed by atoms with van der Waals surface area (Å²) in [6.45, 7) is 3.97. The summed E-state index contributed by atoms with van der Waals surface area (Å²) in [6, 6.07) is 0. The highest BCUT2D eigenvalue weighted by molar-refractivity contribution is 4.78. The average Bonchev–Trinajstić information content (AvgIpc) is 2.76. The van der Waals surface area contributed by atoms with E-state index in [4.69, 9.17) is 9.47 Å². The van der Waals surface area contributed by atoms with Crippen LogP contribution in [0.4, 0.5) is 0 Å². The lowest BCUT2D eigenvalue weighted by Crippen LogP contribution is -2.16. The number of ether oxygens (including phenoxy) is 2. The fourth-order valence-electron chi connectivity index (χ4n) is 1.01. The molecule has 1 saturated carbocycles. The maximum absolute atomic E-state index is 5.56. The molecule has 1 heterocycles. The fraction of sp³-hybridized carbons (Fsp3) is 1.00. The van der Waals surface area contributed by atoms with Crippen LogP contribution in [0.3, 0.4) is 0 Å². The quantitative estimate of drug-likeness (QED) is 0.550. The van der Waals surface area contributed by atoms with Gasteiger partial charge in [-0.15, -0.1) is 0 Å². The van der Waals surface area contributed by atoms with Gasteiger partial charge < -0.3 is 9.47 Å². The van der Waals surface area contributed by atoms with Crippen LogP contribution < -0.4 is 0 Å². The molecular weight excluding hydrogens is 128 g/mol. The molecule has 0 spiro atoms. The predicted octanol–water partition coefficient (Wildman–Crippen LogP) is 1.20. The molecule has 0 N–H and O–H groups in total. The van der Waals surface area contributed by atoms with Gasteiger partial charge in [-0.05, 0) is 25.7 Å². The van der Waals surface area contributed by atoms with Crippen LogP contribution in [-0.2, 0) is 9.47 Å². The van der Waals surface area contributed by atoms with Crippen LogP contribution in [0.15, 0.2) is 0 Å². The number of epoxide rings is 1. The maximum Gasteiger partial charge on any atom is 0.107 e. The lowest BCUT2D eigenvalue weighted by molar-refractivity contribution is 0.0392. The topological polar surface area (TPSA) is 21.8 Å². The lowest BCUT2D eigenvalue weighted by Gasteiger charge is -2.08. The van der Waals surface area contributed by atoms with Gasteiger partial charge in [-0.3, -0.25) is 0 Å². The molecule has 2 fully saturated rings. The summed E-state index contributed by atoms with van der Waals surface area (Å²) in [5.74, 6) is 0.876. The molecule has 0 aromatic rings. The van der Waals surface area contributed by atoms with Gasteiger partial charge in [-0.1, -0.05) is 0 Å². The molecule has 0 bridgehead atoms. The first-order valence-corrected chi connectivity index (χ1v) is 4.09. The molecular formula is C8H14O2. The molecule has 0 amide bonds. The molecule has 58 valence electrons. The van der Waals surface area contributed by atoms with Crippen LogP contribution in [0.5, 0.6) is 0 Å². The Morgan fingerprint density at radius 1 is 1.60 bits per heavy atom. The van der Waals surface area contributed by atoms with Gasteiger partial charge in [0.25, 0.3) is 0 Å². The van der Waals surface area contributed by atoms with E-state index in [-0.39, 0.29) is 0 Å². The van der Waals surface area contributed by atoms with Gasteiger partial charge in [-0.25, -0.2) is 0 Å². The minimum Gasteiger partial charge on any atom is -0.375 e. The molecule has 2 heteroatoms. The first kappa shape index (κ1) is 6.62. The van der Waals surface area contributed by atoms with Gasteiger partial charge in [0.1, 0.15) is 6.10 Å². The molecule has 2 rings (SSSR count). The van der Waals surface area contributed by atoms with E-state index in [2.05, 4.69) is 6.92 Å². The van der Waals surface area contributed by atoms with E-state index >= 15 is 0 Å². The Labute approximate surface area is 61.5 Å². The number of hydrogen-bond acceptors (Lipinski definition) is 2. The SMILES string of the molecule is C[C@@H](OCC1CC1)[C@@H]1CO1. The molecule has 2 atom stereocenters. The third kappa shape index (κ3) is 1.70. The Hall–Kier alpha value is -0.0800. The number of hydrogen-bond donors (Lipinski definition) is 0. The van der Waals surface area contributed by atoms with Gasteiger partial charge in [0, 0.05) is 6.61 Å². The van der Waals surface area contributed by atoms with Gasteiger partial charge in [-0.2, -0.15) is 0 Å². The van der Waals surface area contributed by atoms with Crippen molar-refractivity contribution in [2.45, 2.75) is 32.0 Å². The van der Waals surface area contributed by atoms with Crippen molar-refractivity contribution in [2.24, 2.45) is 5.92 Å². The standard InChI is InChI=1S/C8H14O2/c1-6(8-5-10-8)9-4-7-2-3-7/h6-8H,2-5H2,1H3/t6-,8+/m1/s1. The van der Waals surface area contributed by atoms with Gasteiger partial charge in [0.15, 0.2) is 0 Å². The first-order chi connectivity index (χ1) is 4.86. The Morgan fingerprint density at radius 3 is 2.80 bits per heavy atom. The van der Waals surface area contributed by atoms with E-state index in [0.717, 1.165) is 19.1 Å². The lowest BCUT2D eigenvalue weighted by atomic mass is 10.3. The predicted molar refractivity (Wildman–Crippen MR) is 37.9 cm³/mol.